The van der Waals surface area contributed by atoms with Crippen molar-refractivity contribution in [2.75, 3.05) is 0 Å². The van der Waals surface area contributed by atoms with Crippen LogP contribution in [-0.4, -0.2) is 0 Å². The van der Waals surface area contributed by atoms with Crippen LogP contribution in [0.1, 0.15) is 5.56 Å². The Kier molecular flexibility index (Phi) is 4.63. The molecule has 4 heteroatoms. The summed E-state index contributed by atoms with van der Waals surface area (Å²) in [5, 5.41) is 0. The number of hydrogen-bond acceptors (Lipinski definition) is 1. The summed E-state index contributed by atoms with van der Waals surface area (Å²) in [6.07, 6.45) is 0.689. The van der Waals surface area contributed by atoms with E-state index in [0.717, 1.165) is 21.9 Å². The third kappa shape index (κ3) is 4.15. The number of thioether (sulfide) groups is 1. The molecule has 0 aliphatic carbocycles. The second-order valence-electron chi connectivity index (χ2n) is 3.13. The molecule has 0 bridgehead atoms. The minimum absolute atomic E-state index is 0.644. The Labute approximate surface area is 103 Å². The summed E-state index contributed by atoms with van der Waals surface area (Å²) in [5.41, 5.74) is -0.644. The fourth-order valence-corrected chi connectivity index (χ4v) is 1.90. The van der Waals surface area contributed by atoms with Crippen molar-refractivity contribution in [3.05, 3.63) is 66.1 Å². The van der Waals surface area contributed by atoms with Crippen LogP contribution < -0.4 is 0 Å². The van der Waals surface area contributed by atoms with Gasteiger partial charge in [-0.3, -0.25) is 0 Å². The molecule has 0 radical (unpaired) electrons. The molecule has 1 aromatic carbocycles. The maximum absolute atomic E-state index is 12.3. The number of halogens is 3. The highest BCUT2D eigenvalue weighted by atomic mass is 32.2. The third-order valence-corrected chi connectivity index (χ3v) is 2.95. The molecule has 0 saturated carbocycles. The first-order valence-corrected chi connectivity index (χ1v) is 5.59. The summed E-state index contributed by atoms with van der Waals surface area (Å²) in [6, 6.07) is 5.01. The van der Waals surface area contributed by atoms with Crippen molar-refractivity contribution in [1.29, 1.82) is 0 Å². The SMILES string of the molecule is C=C/C=C(\C=C)Sc1ccc(C(F)(F)F)cc1. The molecule has 0 atom stereocenters. The molecule has 0 spiro atoms. The van der Waals surface area contributed by atoms with E-state index < -0.39 is 11.7 Å². The largest absolute Gasteiger partial charge is 0.416 e. The Bertz CT molecular complexity index is 427. The lowest BCUT2D eigenvalue weighted by atomic mass is 10.2. The van der Waals surface area contributed by atoms with Gasteiger partial charge in [0.2, 0.25) is 0 Å². The van der Waals surface area contributed by atoms with Crippen molar-refractivity contribution in [3.8, 4) is 0 Å². The molecule has 0 heterocycles. The van der Waals surface area contributed by atoms with Gasteiger partial charge >= 0.3 is 6.18 Å². The molecule has 0 unspecified atom stereocenters. The molecule has 90 valence electrons. The van der Waals surface area contributed by atoms with E-state index in [0.29, 0.717) is 0 Å². The summed E-state index contributed by atoms with van der Waals surface area (Å²) in [4.78, 5) is 1.56. The molecular formula is C13H11F3S. The van der Waals surface area contributed by atoms with Crippen molar-refractivity contribution in [3.63, 3.8) is 0 Å². The van der Waals surface area contributed by atoms with E-state index in [1.54, 1.807) is 18.2 Å². The Hall–Kier alpha value is -1.42. The number of alkyl halides is 3. The number of rotatable bonds is 4. The predicted molar refractivity (Wildman–Crippen MR) is 65.8 cm³/mol. The first-order valence-electron chi connectivity index (χ1n) is 4.77. The van der Waals surface area contributed by atoms with E-state index in [1.807, 2.05) is 0 Å². The van der Waals surface area contributed by atoms with Gasteiger partial charge in [-0.25, -0.2) is 0 Å². The van der Waals surface area contributed by atoms with Crippen LogP contribution in [0, 0.1) is 0 Å². The van der Waals surface area contributed by atoms with Crippen LogP contribution in [0.25, 0.3) is 0 Å². The molecule has 0 saturated heterocycles. The van der Waals surface area contributed by atoms with Gasteiger partial charge in [-0.05, 0) is 30.3 Å². The molecule has 1 rings (SSSR count). The van der Waals surface area contributed by atoms with Crippen molar-refractivity contribution < 1.29 is 13.2 Å². The molecular weight excluding hydrogens is 245 g/mol. The molecule has 0 amide bonds. The zero-order valence-electron chi connectivity index (χ0n) is 9.00. The van der Waals surface area contributed by atoms with E-state index in [1.165, 1.54) is 23.9 Å². The van der Waals surface area contributed by atoms with Gasteiger partial charge in [0.15, 0.2) is 0 Å². The van der Waals surface area contributed by atoms with E-state index in [-0.39, 0.29) is 0 Å². The topological polar surface area (TPSA) is 0 Å². The van der Waals surface area contributed by atoms with Crippen LogP contribution in [0.5, 0.6) is 0 Å². The predicted octanol–water partition coefficient (Wildman–Crippen LogP) is 5.05. The smallest absolute Gasteiger partial charge is 0.166 e. The highest BCUT2D eigenvalue weighted by molar-refractivity contribution is 8.03. The van der Waals surface area contributed by atoms with Gasteiger partial charge in [-0.1, -0.05) is 37.1 Å². The number of allylic oxidation sites excluding steroid dienone is 3. The molecule has 0 nitrogen and oxygen atoms in total. The van der Waals surface area contributed by atoms with Gasteiger partial charge in [0.25, 0.3) is 0 Å². The lowest BCUT2D eigenvalue weighted by Gasteiger charge is -2.07. The minimum atomic E-state index is -4.29. The molecule has 0 N–H and O–H groups in total. The zero-order chi connectivity index (χ0) is 12.9. The highest BCUT2D eigenvalue weighted by Crippen LogP contribution is 2.32. The average molecular weight is 256 g/mol. The van der Waals surface area contributed by atoms with E-state index in [9.17, 15) is 13.2 Å². The fourth-order valence-electron chi connectivity index (χ4n) is 1.11. The summed E-state index contributed by atoms with van der Waals surface area (Å²) in [7, 11) is 0. The first-order chi connectivity index (χ1) is 7.97. The molecule has 0 fully saturated rings. The molecule has 17 heavy (non-hydrogen) atoms. The van der Waals surface area contributed by atoms with Crippen LogP contribution >= 0.6 is 11.8 Å². The average Bonchev–Trinajstić information content (AvgIpc) is 2.28. The zero-order valence-corrected chi connectivity index (χ0v) is 9.81. The molecule has 1 aromatic rings. The monoisotopic (exact) mass is 256 g/mol. The Morgan fingerprint density at radius 2 is 1.71 bits per heavy atom. The minimum Gasteiger partial charge on any atom is -0.166 e. The van der Waals surface area contributed by atoms with Gasteiger partial charge in [-0.2, -0.15) is 13.2 Å². The summed E-state index contributed by atoms with van der Waals surface area (Å²) >= 11 is 1.34. The maximum Gasteiger partial charge on any atom is 0.416 e. The lowest BCUT2D eigenvalue weighted by Crippen LogP contribution is -2.03. The Morgan fingerprint density at radius 3 is 2.12 bits per heavy atom. The number of hydrogen-bond donors (Lipinski definition) is 0. The van der Waals surface area contributed by atoms with Crippen LogP contribution in [0.15, 0.2) is 65.5 Å². The van der Waals surface area contributed by atoms with E-state index in [2.05, 4.69) is 13.2 Å². The second-order valence-corrected chi connectivity index (χ2v) is 4.28. The standard InChI is InChI=1S/C13H11F3S/c1-3-5-11(4-2)17-12-8-6-10(7-9-12)13(14,15)16/h3-9H,1-2H2/b11-5+. The van der Waals surface area contributed by atoms with Gasteiger partial charge < -0.3 is 0 Å². The quantitative estimate of drug-likeness (QED) is 0.536. The number of benzene rings is 1. The lowest BCUT2D eigenvalue weighted by molar-refractivity contribution is -0.137. The Balaban J connectivity index is 2.85. The van der Waals surface area contributed by atoms with Crippen LogP contribution in [0.4, 0.5) is 13.2 Å². The van der Waals surface area contributed by atoms with Crippen LogP contribution in [0.3, 0.4) is 0 Å². The van der Waals surface area contributed by atoms with Crippen molar-refractivity contribution in [1.82, 2.24) is 0 Å². The molecule has 0 aromatic heterocycles. The maximum atomic E-state index is 12.3. The molecule has 0 aliphatic heterocycles. The van der Waals surface area contributed by atoms with E-state index in [4.69, 9.17) is 0 Å². The van der Waals surface area contributed by atoms with Crippen LogP contribution in [0.2, 0.25) is 0 Å². The third-order valence-electron chi connectivity index (χ3n) is 1.90. The Morgan fingerprint density at radius 1 is 1.12 bits per heavy atom. The van der Waals surface area contributed by atoms with E-state index >= 15 is 0 Å². The van der Waals surface area contributed by atoms with Crippen molar-refractivity contribution >= 4 is 11.8 Å². The second kappa shape index (κ2) is 5.77. The summed E-state index contributed by atoms with van der Waals surface area (Å²) in [6.45, 7) is 7.17. The van der Waals surface area contributed by atoms with Gasteiger partial charge in [0.05, 0.1) is 5.56 Å². The van der Waals surface area contributed by atoms with Gasteiger partial charge in [0, 0.05) is 9.80 Å². The first kappa shape index (κ1) is 13.6. The van der Waals surface area contributed by atoms with Gasteiger partial charge in [-0.15, -0.1) is 0 Å². The summed E-state index contributed by atoms with van der Waals surface area (Å²) < 4.78 is 37.0. The fraction of sp³-hybridized carbons (Fsp3) is 0.0769. The van der Waals surface area contributed by atoms with Crippen LogP contribution in [-0.2, 0) is 6.18 Å². The van der Waals surface area contributed by atoms with Crippen molar-refractivity contribution in [2.45, 2.75) is 11.1 Å². The normalized spacial score (nSPS) is 12.3. The van der Waals surface area contributed by atoms with Crippen molar-refractivity contribution in [2.24, 2.45) is 0 Å². The molecule has 0 aliphatic rings. The highest BCUT2D eigenvalue weighted by Gasteiger charge is 2.29. The van der Waals surface area contributed by atoms with Gasteiger partial charge in [0.1, 0.15) is 0 Å². The summed E-state index contributed by atoms with van der Waals surface area (Å²) in [5.74, 6) is 0.